The zero-order chi connectivity index (χ0) is 12.3. The highest BCUT2D eigenvalue weighted by Gasteiger charge is 2.21. The Morgan fingerprint density at radius 3 is 2.56 bits per heavy atom. The first-order valence-corrected chi connectivity index (χ1v) is 5.22. The summed E-state index contributed by atoms with van der Waals surface area (Å²) in [4.78, 5) is 11.7. The van der Waals surface area contributed by atoms with Crippen molar-refractivity contribution in [2.24, 2.45) is 0 Å². The van der Waals surface area contributed by atoms with E-state index in [-0.39, 0.29) is 5.91 Å². The van der Waals surface area contributed by atoms with Gasteiger partial charge in [-0.25, -0.2) is 0 Å². The number of H-pyrrole nitrogens is 1. The number of aromatic amines is 1. The number of hydrogen-bond acceptors (Lipinski definition) is 3. The normalized spacial score (nSPS) is 11.6. The number of amides is 1. The van der Waals surface area contributed by atoms with E-state index >= 15 is 0 Å². The first-order valence-electron chi connectivity index (χ1n) is 5.22. The quantitative estimate of drug-likeness (QED) is 0.820. The van der Waals surface area contributed by atoms with Crippen LogP contribution in [0.1, 0.15) is 31.5 Å². The van der Waals surface area contributed by atoms with Crippen molar-refractivity contribution in [2.75, 3.05) is 12.4 Å². The highest BCUT2D eigenvalue weighted by molar-refractivity contribution is 5.91. The van der Waals surface area contributed by atoms with Crippen LogP contribution in [0.2, 0.25) is 0 Å². The van der Waals surface area contributed by atoms with Crippen LogP contribution in [-0.2, 0) is 9.53 Å². The lowest BCUT2D eigenvalue weighted by Crippen LogP contribution is -2.29. The van der Waals surface area contributed by atoms with E-state index in [0.717, 1.165) is 11.3 Å². The van der Waals surface area contributed by atoms with Crippen LogP contribution in [0.15, 0.2) is 0 Å². The van der Waals surface area contributed by atoms with Gasteiger partial charge in [0, 0.05) is 18.4 Å². The summed E-state index contributed by atoms with van der Waals surface area (Å²) in [7, 11) is 1.59. The molecule has 0 atom stereocenters. The van der Waals surface area contributed by atoms with Crippen molar-refractivity contribution in [3.05, 3.63) is 11.3 Å². The molecule has 1 heterocycles. The summed E-state index contributed by atoms with van der Waals surface area (Å²) in [6.45, 7) is 7.57. The molecule has 0 spiro atoms. The molecule has 5 nitrogen and oxygen atoms in total. The van der Waals surface area contributed by atoms with Crippen LogP contribution in [0.25, 0.3) is 0 Å². The van der Waals surface area contributed by atoms with Crippen molar-refractivity contribution in [2.45, 2.75) is 39.7 Å². The summed E-state index contributed by atoms with van der Waals surface area (Å²) >= 11 is 0. The maximum Gasteiger partial charge on any atom is 0.228 e. The van der Waals surface area contributed by atoms with Crippen LogP contribution in [-0.4, -0.2) is 28.8 Å². The molecule has 0 aromatic carbocycles. The van der Waals surface area contributed by atoms with Gasteiger partial charge in [0.25, 0.3) is 0 Å². The predicted octanol–water partition coefficient (Wildman–Crippen LogP) is 1.78. The molecule has 0 saturated carbocycles. The zero-order valence-electron chi connectivity index (χ0n) is 10.5. The fraction of sp³-hybridized carbons (Fsp3) is 0.636. The third kappa shape index (κ3) is 3.06. The number of carbonyl (C=O) groups is 1. The topological polar surface area (TPSA) is 67.0 Å². The lowest BCUT2D eigenvalue weighted by atomic mass is 10.0. The molecule has 2 N–H and O–H groups in total. The largest absolute Gasteiger partial charge is 0.378 e. The number of methoxy groups -OCH3 is 1. The van der Waals surface area contributed by atoms with Gasteiger partial charge in [0.2, 0.25) is 5.91 Å². The number of carbonyl (C=O) groups excluding carboxylic acids is 1. The number of aromatic nitrogens is 2. The van der Waals surface area contributed by atoms with Crippen LogP contribution in [0.4, 0.5) is 5.82 Å². The van der Waals surface area contributed by atoms with E-state index in [1.165, 1.54) is 0 Å². The van der Waals surface area contributed by atoms with Gasteiger partial charge in [-0.2, -0.15) is 5.10 Å². The molecule has 0 aliphatic heterocycles. The second kappa shape index (κ2) is 4.65. The molecule has 0 bridgehead atoms. The van der Waals surface area contributed by atoms with Crippen molar-refractivity contribution in [3.8, 4) is 0 Å². The van der Waals surface area contributed by atoms with Crippen molar-refractivity contribution >= 4 is 11.7 Å². The van der Waals surface area contributed by atoms with Gasteiger partial charge in [0.15, 0.2) is 5.82 Å². The van der Waals surface area contributed by atoms with Crippen LogP contribution in [0, 0.1) is 13.8 Å². The average molecular weight is 225 g/mol. The minimum Gasteiger partial charge on any atom is -0.378 e. The summed E-state index contributed by atoms with van der Waals surface area (Å²) in [6.07, 6.45) is 0.300. The molecule has 0 radical (unpaired) electrons. The van der Waals surface area contributed by atoms with Gasteiger partial charge in [-0.05, 0) is 27.7 Å². The van der Waals surface area contributed by atoms with Gasteiger partial charge in [-0.1, -0.05) is 0 Å². The van der Waals surface area contributed by atoms with Gasteiger partial charge < -0.3 is 10.1 Å². The van der Waals surface area contributed by atoms with Crippen LogP contribution < -0.4 is 5.32 Å². The molecule has 0 fully saturated rings. The summed E-state index contributed by atoms with van der Waals surface area (Å²) in [5, 5.41) is 9.60. The first-order chi connectivity index (χ1) is 7.35. The Labute approximate surface area is 95.6 Å². The van der Waals surface area contributed by atoms with Crippen molar-refractivity contribution in [1.29, 1.82) is 0 Å². The van der Waals surface area contributed by atoms with Gasteiger partial charge in [0.1, 0.15) is 0 Å². The SMILES string of the molecule is COC(C)(C)CC(=O)Nc1n[nH]c(C)c1C. The summed E-state index contributed by atoms with van der Waals surface area (Å²) in [5.74, 6) is 0.496. The Morgan fingerprint density at radius 1 is 1.50 bits per heavy atom. The zero-order valence-corrected chi connectivity index (χ0v) is 10.5. The smallest absolute Gasteiger partial charge is 0.228 e. The molecule has 90 valence electrons. The Hall–Kier alpha value is -1.36. The van der Waals surface area contributed by atoms with E-state index in [1.807, 2.05) is 27.7 Å². The van der Waals surface area contributed by atoms with E-state index < -0.39 is 5.60 Å². The Balaban J connectivity index is 2.62. The number of nitrogens with one attached hydrogen (secondary N) is 2. The van der Waals surface area contributed by atoms with E-state index in [1.54, 1.807) is 7.11 Å². The van der Waals surface area contributed by atoms with E-state index in [2.05, 4.69) is 15.5 Å². The second-order valence-electron chi connectivity index (χ2n) is 4.51. The van der Waals surface area contributed by atoms with Crippen molar-refractivity contribution in [3.63, 3.8) is 0 Å². The van der Waals surface area contributed by atoms with Crippen molar-refractivity contribution in [1.82, 2.24) is 10.2 Å². The van der Waals surface area contributed by atoms with E-state index in [9.17, 15) is 4.79 Å². The molecular weight excluding hydrogens is 206 g/mol. The third-order valence-corrected chi connectivity index (χ3v) is 2.65. The highest BCUT2D eigenvalue weighted by Crippen LogP contribution is 2.17. The van der Waals surface area contributed by atoms with Crippen LogP contribution in [0.3, 0.4) is 0 Å². The summed E-state index contributed by atoms with van der Waals surface area (Å²) < 4.78 is 5.19. The Morgan fingerprint density at radius 2 is 2.12 bits per heavy atom. The van der Waals surface area contributed by atoms with Gasteiger partial charge >= 0.3 is 0 Å². The lowest BCUT2D eigenvalue weighted by Gasteiger charge is -2.21. The number of ether oxygens (including phenoxy) is 1. The van der Waals surface area contributed by atoms with E-state index in [4.69, 9.17) is 4.74 Å². The molecule has 0 unspecified atom stereocenters. The lowest BCUT2D eigenvalue weighted by molar-refractivity contribution is -0.121. The first kappa shape index (κ1) is 12.7. The summed E-state index contributed by atoms with van der Waals surface area (Å²) in [5.41, 5.74) is 1.47. The Bertz CT molecular complexity index is 383. The minimum absolute atomic E-state index is 0.0959. The standard InChI is InChI=1S/C11H19N3O2/c1-7-8(2)13-14-10(7)12-9(15)6-11(3,4)16-5/h6H2,1-5H3,(H2,12,13,14,15). The van der Waals surface area contributed by atoms with Gasteiger partial charge in [0.05, 0.1) is 12.0 Å². The average Bonchev–Trinajstić information content (AvgIpc) is 2.49. The molecule has 1 aromatic rings. The number of aryl methyl sites for hydroxylation is 1. The maximum atomic E-state index is 11.7. The minimum atomic E-state index is -0.455. The maximum absolute atomic E-state index is 11.7. The molecule has 1 rings (SSSR count). The molecule has 5 heteroatoms. The number of rotatable bonds is 4. The summed E-state index contributed by atoms with van der Waals surface area (Å²) in [6, 6.07) is 0. The van der Waals surface area contributed by atoms with Gasteiger partial charge in [-0.3, -0.25) is 9.89 Å². The molecule has 1 amide bonds. The number of anilines is 1. The van der Waals surface area contributed by atoms with Crippen LogP contribution >= 0.6 is 0 Å². The Kier molecular flexibility index (Phi) is 3.70. The highest BCUT2D eigenvalue weighted by atomic mass is 16.5. The third-order valence-electron chi connectivity index (χ3n) is 2.65. The molecule has 0 aliphatic rings. The molecular formula is C11H19N3O2. The van der Waals surface area contributed by atoms with Crippen molar-refractivity contribution < 1.29 is 9.53 Å². The number of hydrogen-bond donors (Lipinski definition) is 2. The molecule has 16 heavy (non-hydrogen) atoms. The molecule has 1 aromatic heterocycles. The second-order valence-corrected chi connectivity index (χ2v) is 4.51. The van der Waals surface area contributed by atoms with E-state index in [0.29, 0.717) is 12.2 Å². The molecule has 0 saturated heterocycles. The fourth-order valence-electron chi connectivity index (χ4n) is 1.24. The van der Waals surface area contributed by atoms with Crippen LogP contribution in [0.5, 0.6) is 0 Å². The monoisotopic (exact) mass is 225 g/mol. The molecule has 0 aliphatic carbocycles. The predicted molar refractivity (Wildman–Crippen MR) is 62.4 cm³/mol. The number of nitrogens with zero attached hydrogens (tertiary/aromatic N) is 1. The fourth-order valence-corrected chi connectivity index (χ4v) is 1.24. The van der Waals surface area contributed by atoms with Gasteiger partial charge in [-0.15, -0.1) is 0 Å².